The summed E-state index contributed by atoms with van der Waals surface area (Å²) in [7, 11) is 1.59. The van der Waals surface area contributed by atoms with Gasteiger partial charge in [0.25, 0.3) is 5.91 Å². The number of nitrogens with one attached hydrogen (secondary N) is 2. The normalized spacial score (nSPS) is 10.5. The maximum Gasteiger partial charge on any atom is 0.270 e. The summed E-state index contributed by atoms with van der Waals surface area (Å²) in [5, 5.41) is 6.17. The summed E-state index contributed by atoms with van der Waals surface area (Å²) < 4.78 is 4.99. The Balaban J connectivity index is 1.99. The lowest BCUT2D eigenvalue weighted by atomic mass is 10.1. The molecule has 6 heteroatoms. The summed E-state index contributed by atoms with van der Waals surface area (Å²) in [5.74, 6) is 0.804. The van der Waals surface area contributed by atoms with E-state index in [0.29, 0.717) is 30.5 Å². The van der Waals surface area contributed by atoms with Crippen molar-refractivity contribution in [3.63, 3.8) is 0 Å². The van der Waals surface area contributed by atoms with Crippen LogP contribution >= 0.6 is 0 Å². The van der Waals surface area contributed by atoms with Gasteiger partial charge in [-0.3, -0.25) is 4.79 Å². The summed E-state index contributed by atoms with van der Waals surface area (Å²) >= 11 is 0. The van der Waals surface area contributed by atoms with Crippen LogP contribution in [-0.4, -0.2) is 36.1 Å². The van der Waals surface area contributed by atoms with Gasteiger partial charge in [-0.05, 0) is 25.0 Å². The van der Waals surface area contributed by atoms with Crippen molar-refractivity contribution in [2.45, 2.75) is 13.8 Å². The van der Waals surface area contributed by atoms with Crippen LogP contribution in [-0.2, 0) is 4.74 Å². The minimum Gasteiger partial charge on any atom is -0.383 e. The smallest absolute Gasteiger partial charge is 0.270 e. The highest BCUT2D eigenvalue weighted by Gasteiger charge is 2.14. The number of para-hydroxylation sites is 1. The maximum absolute atomic E-state index is 12.6. The summed E-state index contributed by atoms with van der Waals surface area (Å²) in [4.78, 5) is 21.7. The molecular formula is C22H24N4O2. The zero-order valence-corrected chi connectivity index (χ0v) is 16.3. The number of ether oxygens (including phenoxy) is 1. The van der Waals surface area contributed by atoms with Gasteiger partial charge in [-0.25, -0.2) is 9.97 Å². The number of anilines is 2. The van der Waals surface area contributed by atoms with Crippen molar-refractivity contribution in [3.8, 4) is 11.4 Å². The van der Waals surface area contributed by atoms with E-state index < -0.39 is 0 Å². The van der Waals surface area contributed by atoms with Crippen molar-refractivity contribution < 1.29 is 9.53 Å². The Morgan fingerprint density at radius 2 is 1.71 bits per heavy atom. The van der Waals surface area contributed by atoms with Crippen molar-refractivity contribution in [1.82, 2.24) is 15.3 Å². The number of hydrogen-bond acceptors (Lipinski definition) is 5. The highest BCUT2D eigenvalue weighted by molar-refractivity contribution is 5.93. The summed E-state index contributed by atoms with van der Waals surface area (Å²) in [6, 6.07) is 17.4. The lowest BCUT2D eigenvalue weighted by Gasteiger charge is -2.14. The second-order valence-corrected chi connectivity index (χ2v) is 6.47. The predicted molar refractivity (Wildman–Crippen MR) is 111 cm³/mol. The number of amides is 1. The molecule has 0 aliphatic rings. The molecular weight excluding hydrogens is 352 g/mol. The van der Waals surface area contributed by atoms with E-state index in [2.05, 4.69) is 20.6 Å². The molecule has 1 heterocycles. The monoisotopic (exact) mass is 376 g/mol. The molecule has 144 valence electrons. The first-order valence-corrected chi connectivity index (χ1v) is 9.13. The molecule has 1 amide bonds. The van der Waals surface area contributed by atoms with Gasteiger partial charge in [0, 0.05) is 31.0 Å². The van der Waals surface area contributed by atoms with Crippen molar-refractivity contribution in [1.29, 1.82) is 0 Å². The van der Waals surface area contributed by atoms with E-state index in [1.807, 2.05) is 62.4 Å². The number of nitrogens with zero attached hydrogens (tertiary/aromatic N) is 2. The van der Waals surface area contributed by atoms with Crippen LogP contribution < -0.4 is 10.6 Å². The third-order valence-electron chi connectivity index (χ3n) is 4.32. The van der Waals surface area contributed by atoms with Crippen LogP contribution in [0.2, 0.25) is 0 Å². The number of aromatic nitrogens is 2. The largest absolute Gasteiger partial charge is 0.383 e. The topological polar surface area (TPSA) is 76.1 Å². The number of rotatable bonds is 7. The van der Waals surface area contributed by atoms with Gasteiger partial charge in [0.2, 0.25) is 0 Å². The first-order chi connectivity index (χ1) is 13.6. The van der Waals surface area contributed by atoms with E-state index in [1.54, 1.807) is 13.2 Å². The highest BCUT2D eigenvalue weighted by Crippen LogP contribution is 2.25. The zero-order valence-electron chi connectivity index (χ0n) is 16.3. The van der Waals surface area contributed by atoms with E-state index in [4.69, 9.17) is 4.74 Å². The molecule has 3 rings (SSSR count). The molecule has 2 N–H and O–H groups in total. The van der Waals surface area contributed by atoms with E-state index in [1.165, 1.54) is 0 Å². The van der Waals surface area contributed by atoms with Gasteiger partial charge >= 0.3 is 0 Å². The van der Waals surface area contributed by atoms with Crippen molar-refractivity contribution >= 4 is 17.4 Å². The number of carbonyl (C=O) groups is 1. The molecule has 1 aromatic heterocycles. The first kappa shape index (κ1) is 19.5. The number of methoxy groups -OCH3 is 1. The number of benzene rings is 2. The molecule has 3 aromatic rings. The number of hydrogen-bond donors (Lipinski definition) is 2. The average Bonchev–Trinajstić information content (AvgIpc) is 2.71. The molecule has 0 aliphatic heterocycles. The highest BCUT2D eigenvalue weighted by atomic mass is 16.5. The molecule has 0 fully saturated rings. The third kappa shape index (κ3) is 4.72. The fourth-order valence-corrected chi connectivity index (χ4v) is 2.84. The quantitative estimate of drug-likeness (QED) is 0.612. The molecule has 0 atom stereocenters. The van der Waals surface area contributed by atoms with Crippen LogP contribution in [0.5, 0.6) is 0 Å². The zero-order chi connectivity index (χ0) is 19.9. The Hall–Kier alpha value is -3.25. The first-order valence-electron chi connectivity index (χ1n) is 9.13. The SMILES string of the molecule is COCCNC(=O)c1cc(Nc2c(C)cccc2C)nc(-c2ccccc2)n1. The molecule has 6 nitrogen and oxygen atoms in total. The minimum atomic E-state index is -0.263. The second-order valence-electron chi connectivity index (χ2n) is 6.47. The Kier molecular flexibility index (Phi) is 6.34. The van der Waals surface area contributed by atoms with Crippen LogP contribution in [0.1, 0.15) is 21.6 Å². The van der Waals surface area contributed by atoms with Crippen LogP contribution in [0.3, 0.4) is 0 Å². The van der Waals surface area contributed by atoms with Gasteiger partial charge in [-0.1, -0.05) is 48.5 Å². The molecule has 0 unspecified atom stereocenters. The molecule has 0 saturated heterocycles. The molecule has 0 saturated carbocycles. The number of carbonyl (C=O) groups excluding carboxylic acids is 1. The Morgan fingerprint density at radius 3 is 2.39 bits per heavy atom. The maximum atomic E-state index is 12.6. The summed E-state index contributed by atoms with van der Waals surface area (Å²) in [6.45, 7) is 4.93. The van der Waals surface area contributed by atoms with Gasteiger partial charge in [-0.2, -0.15) is 0 Å². The van der Waals surface area contributed by atoms with Crippen LogP contribution in [0.15, 0.2) is 54.6 Å². The van der Waals surface area contributed by atoms with E-state index >= 15 is 0 Å². The van der Waals surface area contributed by atoms with Gasteiger partial charge in [-0.15, -0.1) is 0 Å². The van der Waals surface area contributed by atoms with Gasteiger partial charge in [0.1, 0.15) is 11.5 Å². The van der Waals surface area contributed by atoms with E-state index in [-0.39, 0.29) is 5.91 Å². The summed E-state index contributed by atoms with van der Waals surface area (Å²) in [6.07, 6.45) is 0. The third-order valence-corrected chi connectivity index (χ3v) is 4.32. The number of aryl methyl sites for hydroxylation is 2. The standard InChI is InChI=1S/C22H24N4O2/c1-15-8-7-9-16(2)20(15)25-19-14-18(22(27)23-12-13-28-3)24-21(26-19)17-10-5-4-6-11-17/h4-11,14H,12-13H2,1-3H3,(H,23,27)(H,24,25,26). The fraction of sp³-hybridized carbons (Fsp3) is 0.227. The van der Waals surface area contributed by atoms with Gasteiger partial charge in [0.15, 0.2) is 5.82 Å². The van der Waals surface area contributed by atoms with Gasteiger partial charge in [0.05, 0.1) is 6.61 Å². The van der Waals surface area contributed by atoms with E-state index in [0.717, 1.165) is 22.4 Å². The minimum absolute atomic E-state index is 0.263. The molecule has 0 spiro atoms. The van der Waals surface area contributed by atoms with Crippen LogP contribution in [0.4, 0.5) is 11.5 Å². The molecule has 0 aliphatic carbocycles. The lowest BCUT2D eigenvalue weighted by Crippen LogP contribution is -2.28. The van der Waals surface area contributed by atoms with Gasteiger partial charge < -0.3 is 15.4 Å². The Morgan fingerprint density at radius 1 is 1.00 bits per heavy atom. The summed E-state index contributed by atoms with van der Waals surface area (Å²) in [5.41, 5.74) is 4.33. The fourth-order valence-electron chi connectivity index (χ4n) is 2.84. The van der Waals surface area contributed by atoms with Crippen molar-refractivity contribution in [3.05, 3.63) is 71.4 Å². The average molecular weight is 376 g/mol. The van der Waals surface area contributed by atoms with E-state index in [9.17, 15) is 4.79 Å². The van der Waals surface area contributed by atoms with Crippen LogP contribution in [0, 0.1) is 13.8 Å². The Labute approximate surface area is 165 Å². The van der Waals surface area contributed by atoms with Crippen molar-refractivity contribution in [2.24, 2.45) is 0 Å². The van der Waals surface area contributed by atoms with Crippen LogP contribution in [0.25, 0.3) is 11.4 Å². The molecule has 0 bridgehead atoms. The molecule has 0 radical (unpaired) electrons. The predicted octanol–water partition coefficient (Wildman–Crippen LogP) is 3.88. The molecule has 28 heavy (non-hydrogen) atoms. The molecule has 2 aromatic carbocycles. The second kappa shape index (κ2) is 9.10. The lowest BCUT2D eigenvalue weighted by molar-refractivity contribution is 0.0932. The van der Waals surface area contributed by atoms with Crippen molar-refractivity contribution in [2.75, 3.05) is 25.6 Å². The Bertz CT molecular complexity index is 938.